The van der Waals surface area contributed by atoms with Crippen molar-refractivity contribution in [2.45, 2.75) is 47.5 Å². The van der Waals surface area contributed by atoms with Gasteiger partial charge in [0.05, 0.1) is 0 Å². The summed E-state index contributed by atoms with van der Waals surface area (Å²) in [5.74, 6) is 1.75. The molecule has 2 aromatic rings. The van der Waals surface area contributed by atoms with E-state index in [0.29, 0.717) is 0 Å². The van der Waals surface area contributed by atoms with Gasteiger partial charge in [0.25, 0.3) is 0 Å². The highest BCUT2D eigenvalue weighted by Gasteiger charge is 2.10. The summed E-state index contributed by atoms with van der Waals surface area (Å²) in [6.07, 6.45) is 2.08. The van der Waals surface area contributed by atoms with Gasteiger partial charge in [-0.2, -0.15) is 0 Å². The van der Waals surface area contributed by atoms with Gasteiger partial charge in [-0.15, -0.1) is 0 Å². The number of nitrogens with one attached hydrogen (secondary N) is 1. The van der Waals surface area contributed by atoms with E-state index in [1.807, 2.05) is 0 Å². The second-order valence-electron chi connectivity index (χ2n) is 5.60. The first kappa shape index (κ1) is 15.5. The molecule has 0 fully saturated rings. The topological polar surface area (TPSA) is 37.8 Å². The monoisotopic (exact) mass is 283 g/mol. The molecule has 3 nitrogen and oxygen atoms in total. The first-order valence-electron chi connectivity index (χ1n) is 7.75. The van der Waals surface area contributed by atoms with E-state index in [0.717, 1.165) is 42.3 Å². The number of benzene rings is 1. The standard InChI is InChI=1S/C18H25N3/c1-6-8-15-11-17(19-7-2)21-18(20-15)16-10-13(4)12(3)9-14(16)5/h9-11H,6-8H2,1-5H3,(H,19,20,21). The molecule has 0 aliphatic carbocycles. The molecule has 0 atom stereocenters. The summed E-state index contributed by atoms with van der Waals surface area (Å²) in [7, 11) is 0. The Morgan fingerprint density at radius 1 is 0.905 bits per heavy atom. The molecule has 0 radical (unpaired) electrons. The SMILES string of the molecule is CCCc1cc(NCC)nc(-c2cc(C)c(C)cc2C)n1. The minimum atomic E-state index is 0.831. The van der Waals surface area contributed by atoms with Crippen molar-refractivity contribution in [2.75, 3.05) is 11.9 Å². The van der Waals surface area contributed by atoms with Crippen LogP contribution in [-0.2, 0) is 6.42 Å². The Bertz CT molecular complexity index is 608. The van der Waals surface area contributed by atoms with Gasteiger partial charge in [-0.3, -0.25) is 0 Å². The van der Waals surface area contributed by atoms with Crippen LogP contribution in [0.25, 0.3) is 11.4 Å². The Balaban J connectivity index is 2.54. The van der Waals surface area contributed by atoms with Gasteiger partial charge >= 0.3 is 0 Å². The quantitative estimate of drug-likeness (QED) is 0.880. The Kier molecular flexibility index (Phi) is 4.94. The average molecular weight is 283 g/mol. The molecule has 21 heavy (non-hydrogen) atoms. The second-order valence-corrected chi connectivity index (χ2v) is 5.60. The summed E-state index contributed by atoms with van der Waals surface area (Å²) in [5.41, 5.74) is 6.07. The van der Waals surface area contributed by atoms with Crippen LogP contribution in [0.4, 0.5) is 5.82 Å². The lowest BCUT2D eigenvalue weighted by Gasteiger charge is -2.12. The van der Waals surface area contributed by atoms with Crippen LogP contribution in [0.15, 0.2) is 18.2 Å². The molecule has 0 aliphatic heterocycles. The first-order valence-corrected chi connectivity index (χ1v) is 7.75. The molecule has 0 saturated heterocycles. The van der Waals surface area contributed by atoms with Gasteiger partial charge in [-0.05, 0) is 56.9 Å². The van der Waals surface area contributed by atoms with Crippen LogP contribution in [0.3, 0.4) is 0 Å². The third-order valence-corrected chi connectivity index (χ3v) is 3.72. The molecule has 1 aromatic carbocycles. The van der Waals surface area contributed by atoms with E-state index in [2.05, 4.69) is 63.1 Å². The molecule has 0 bridgehead atoms. The average Bonchev–Trinajstić information content (AvgIpc) is 2.43. The molecule has 3 heteroatoms. The highest BCUT2D eigenvalue weighted by Crippen LogP contribution is 2.25. The molecule has 112 valence electrons. The summed E-state index contributed by atoms with van der Waals surface area (Å²) in [5, 5.41) is 3.31. The zero-order valence-electron chi connectivity index (χ0n) is 13.7. The van der Waals surface area contributed by atoms with Gasteiger partial charge < -0.3 is 5.32 Å². The first-order chi connectivity index (χ1) is 10.0. The number of anilines is 1. The fourth-order valence-corrected chi connectivity index (χ4v) is 2.48. The lowest BCUT2D eigenvalue weighted by Crippen LogP contribution is -2.05. The fraction of sp³-hybridized carbons (Fsp3) is 0.444. The van der Waals surface area contributed by atoms with E-state index in [9.17, 15) is 0 Å². The van der Waals surface area contributed by atoms with Crippen LogP contribution in [0.2, 0.25) is 0 Å². The number of hydrogen-bond donors (Lipinski definition) is 1. The summed E-state index contributed by atoms with van der Waals surface area (Å²) in [6, 6.07) is 6.48. The predicted molar refractivity (Wildman–Crippen MR) is 89.8 cm³/mol. The van der Waals surface area contributed by atoms with Crippen LogP contribution in [-0.4, -0.2) is 16.5 Å². The van der Waals surface area contributed by atoms with Crippen LogP contribution < -0.4 is 5.32 Å². The van der Waals surface area contributed by atoms with Crippen molar-refractivity contribution in [3.63, 3.8) is 0 Å². The van der Waals surface area contributed by atoms with E-state index in [-0.39, 0.29) is 0 Å². The maximum Gasteiger partial charge on any atom is 0.162 e. The molecule has 0 aliphatic rings. The largest absolute Gasteiger partial charge is 0.370 e. The fourth-order valence-electron chi connectivity index (χ4n) is 2.48. The van der Waals surface area contributed by atoms with Crippen LogP contribution in [0.1, 0.15) is 42.7 Å². The Hall–Kier alpha value is -1.90. The molecule has 0 amide bonds. The van der Waals surface area contributed by atoms with Gasteiger partial charge in [0.2, 0.25) is 0 Å². The third kappa shape index (κ3) is 3.60. The lowest BCUT2D eigenvalue weighted by molar-refractivity contribution is 0.874. The van der Waals surface area contributed by atoms with Crippen LogP contribution in [0.5, 0.6) is 0 Å². The number of aromatic nitrogens is 2. The van der Waals surface area contributed by atoms with Crippen molar-refractivity contribution < 1.29 is 0 Å². The minimum Gasteiger partial charge on any atom is -0.370 e. The molecular weight excluding hydrogens is 258 g/mol. The van der Waals surface area contributed by atoms with Gasteiger partial charge in [0.1, 0.15) is 5.82 Å². The van der Waals surface area contributed by atoms with Crippen molar-refractivity contribution in [3.05, 3.63) is 40.6 Å². The Labute approximate surface area is 127 Å². The van der Waals surface area contributed by atoms with Crippen molar-refractivity contribution in [2.24, 2.45) is 0 Å². The van der Waals surface area contributed by atoms with Crippen molar-refractivity contribution in [3.8, 4) is 11.4 Å². The molecule has 0 spiro atoms. The molecule has 1 N–H and O–H groups in total. The molecule has 2 rings (SSSR count). The summed E-state index contributed by atoms with van der Waals surface area (Å²) >= 11 is 0. The lowest BCUT2D eigenvalue weighted by atomic mass is 10.0. The molecule has 0 saturated carbocycles. The summed E-state index contributed by atoms with van der Waals surface area (Å²) in [6.45, 7) is 11.5. The molecule has 1 heterocycles. The number of hydrogen-bond acceptors (Lipinski definition) is 3. The van der Waals surface area contributed by atoms with Crippen LogP contribution >= 0.6 is 0 Å². The highest BCUT2D eigenvalue weighted by molar-refractivity contribution is 5.64. The summed E-state index contributed by atoms with van der Waals surface area (Å²) in [4.78, 5) is 9.44. The zero-order chi connectivity index (χ0) is 15.4. The van der Waals surface area contributed by atoms with E-state index in [1.54, 1.807) is 0 Å². The minimum absolute atomic E-state index is 0.831. The Morgan fingerprint density at radius 2 is 1.62 bits per heavy atom. The van der Waals surface area contributed by atoms with Crippen LogP contribution in [0, 0.1) is 20.8 Å². The van der Waals surface area contributed by atoms with Gasteiger partial charge in [-0.1, -0.05) is 19.4 Å². The van der Waals surface area contributed by atoms with Crippen molar-refractivity contribution in [1.82, 2.24) is 9.97 Å². The van der Waals surface area contributed by atoms with Crippen molar-refractivity contribution >= 4 is 5.82 Å². The van der Waals surface area contributed by atoms with Gasteiger partial charge in [0, 0.05) is 23.9 Å². The second kappa shape index (κ2) is 6.70. The number of nitrogens with zero attached hydrogens (tertiary/aromatic N) is 2. The molecule has 1 aromatic heterocycles. The maximum atomic E-state index is 4.76. The van der Waals surface area contributed by atoms with Gasteiger partial charge in [0.15, 0.2) is 5.82 Å². The Morgan fingerprint density at radius 3 is 2.29 bits per heavy atom. The third-order valence-electron chi connectivity index (χ3n) is 3.72. The van der Waals surface area contributed by atoms with E-state index >= 15 is 0 Å². The predicted octanol–water partition coefficient (Wildman–Crippen LogP) is 4.45. The maximum absolute atomic E-state index is 4.76. The number of rotatable bonds is 5. The van der Waals surface area contributed by atoms with Crippen molar-refractivity contribution in [1.29, 1.82) is 0 Å². The summed E-state index contributed by atoms with van der Waals surface area (Å²) < 4.78 is 0. The number of aryl methyl sites for hydroxylation is 4. The molecular formula is C18H25N3. The van der Waals surface area contributed by atoms with E-state index in [4.69, 9.17) is 4.98 Å². The normalized spacial score (nSPS) is 10.7. The molecule has 0 unspecified atom stereocenters. The van der Waals surface area contributed by atoms with E-state index in [1.165, 1.54) is 16.7 Å². The smallest absolute Gasteiger partial charge is 0.162 e. The van der Waals surface area contributed by atoms with Gasteiger partial charge in [-0.25, -0.2) is 9.97 Å². The van der Waals surface area contributed by atoms with E-state index < -0.39 is 0 Å². The highest BCUT2D eigenvalue weighted by atomic mass is 15.0. The zero-order valence-corrected chi connectivity index (χ0v) is 13.7.